The summed E-state index contributed by atoms with van der Waals surface area (Å²) in [6, 6.07) is 12.4. The summed E-state index contributed by atoms with van der Waals surface area (Å²) in [5.41, 5.74) is 1.68. The van der Waals surface area contributed by atoms with Crippen LogP contribution >= 0.6 is 0 Å². The average Bonchev–Trinajstić information content (AvgIpc) is 3.67. The van der Waals surface area contributed by atoms with Gasteiger partial charge in [0.15, 0.2) is 0 Å². The van der Waals surface area contributed by atoms with Gasteiger partial charge in [-0.2, -0.15) is 0 Å². The molecule has 0 unspecified atom stereocenters. The van der Waals surface area contributed by atoms with Gasteiger partial charge in [-0.15, -0.1) is 0 Å². The van der Waals surface area contributed by atoms with E-state index in [1.165, 1.54) is 13.0 Å². The first-order valence-electron chi connectivity index (χ1n) is 11.1. The van der Waals surface area contributed by atoms with Crippen molar-refractivity contribution in [3.8, 4) is 5.75 Å². The lowest BCUT2D eigenvalue weighted by molar-refractivity contribution is -0.384. The molecule has 0 N–H and O–H groups in total. The number of piperazine rings is 1. The number of hydrogen-bond acceptors (Lipinski definition) is 6. The van der Waals surface area contributed by atoms with Crippen LogP contribution in [0.2, 0.25) is 0 Å². The van der Waals surface area contributed by atoms with Gasteiger partial charge in [-0.05, 0) is 42.7 Å². The fraction of sp³-hybridized carbons (Fsp3) is 0.417. The highest BCUT2D eigenvalue weighted by atomic mass is 16.6. The van der Waals surface area contributed by atoms with E-state index in [1.54, 1.807) is 29.0 Å². The lowest BCUT2D eigenvalue weighted by Gasteiger charge is -2.35. The molecule has 9 heteroatoms. The van der Waals surface area contributed by atoms with Gasteiger partial charge >= 0.3 is 0 Å². The van der Waals surface area contributed by atoms with Crippen molar-refractivity contribution in [2.75, 3.05) is 38.2 Å². The number of anilines is 1. The van der Waals surface area contributed by atoms with E-state index < -0.39 is 4.92 Å². The topological polar surface area (TPSA) is 96.2 Å². The second kappa shape index (κ2) is 9.48. The monoisotopic (exact) mass is 452 g/mol. The van der Waals surface area contributed by atoms with Crippen LogP contribution in [-0.4, -0.2) is 65.9 Å². The Balaban J connectivity index is 1.54. The molecule has 1 saturated carbocycles. The zero-order valence-electron chi connectivity index (χ0n) is 18.9. The van der Waals surface area contributed by atoms with Crippen molar-refractivity contribution in [2.45, 2.75) is 32.4 Å². The molecule has 2 fully saturated rings. The Morgan fingerprint density at radius 1 is 1.09 bits per heavy atom. The highest BCUT2D eigenvalue weighted by molar-refractivity contribution is 5.96. The number of nitro benzene ring substituents is 1. The van der Waals surface area contributed by atoms with E-state index in [4.69, 9.17) is 4.74 Å². The molecule has 0 atom stereocenters. The fourth-order valence-electron chi connectivity index (χ4n) is 4.18. The maximum absolute atomic E-state index is 13.4. The number of carbonyl (C=O) groups is 2. The van der Waals surface area contributed by atoms with Crippen molar-refractivity contribution in [1.82, 2.24) is 9.80 Å². The molecule has 1 aliphatic carbocycles. The molecular formula is C24H28N4O5. The second-order valence-electron chi connectivity index (χ2n) is 8.47. The highest BCUT2D eigenvalue weighted by Crippen LogP contribution is 2.34. The Bertz CT molecular complexity index is 1040. The smallest absolute Gasteiger partial charge is 0.293 e. The predicted molar refractivity (Wildman–Crippen MR) is 123 cm³/mol. The van der Waals surface area contributed by atoms with E-state index in [9.17, 15) is 19.7 Å². The summed E-state index contributed by atoms with van der Waals surface area (Å²) >= 11 is 0. The van der Waals surface area contributed by atoms with Gasteiger partial charge in [-0.25, -0.2) is 0 Å². The number of rotatable bonds is 7. The molecule has 0 bridgehead atoms. The summed E-state index contributed by atoms with van der Waals surface area (Å²) in [6.07, 6.45) is 1.87. The first-order valence-corrected chi connectivity index (χ1v) is 11.1. The first-order chi connectivity index (χ1) is 15.9. The largest absolute Gasteiger partial charge is 0.497 e. The maximum atomic E-state index is 13.4. The van der Waals surface area contributed by atoms with E-state index in [-0.39, 0.29) is 23.5 Å². The Hall–Kier alpha value is -3.62. The number of nitro groups is 1. The molecule has 1 heterocycles. The van der Waals surface area contributed by atoms with Crippen LogP contribution in [-0.2, 0) is 11.3 Å². The molecule has 2 amide bonds. The number of nitrogens with zero attached hydrogens (tertiary/aromatic N) is 4. The van der Waals surface area contributed by atoms with Crippen molar-refractivity contribution < 1.29 is 19.2 Å². The Morgan fingerprint density at radius 2 is 1.76 bits per heavy atom. The van der Waals surface area contributed by atoms with Crippen LogP contribution in [0.3, 0.4) is 0 Å². The molecule has 2 aliphatic rings. The van der Waals surface area contributed by atoms with Gasteiger partial charge in [0.05, 0.1) is 12.0 Å². The van der Waals surface area contributed by atoms with E-state index in [0.717, 1.165) is 24.2 Å². The lowest BCUT2D eigenvalue weighted by Crippen LogP contribution is -2.48. The van der Waals surface area contributed by atoms with Gasteiger partial charge in [0.25, 0.3) is 11.6 Å². The zero-order chi connectivity index (χ0) is 23.5. The van der Waals surface area contributed by atoms with Crippen molar-refractivity contribution in [2.24, 2.45) is 0 Å². The number of benzene rings is 2. The van der Waals surface area contributed by atoms with Crippen molar-refractivity contribution >= 4 is 23.2 Å². The molecule has 174 valence electrons. The third kappa shape index (κ3) is 5.08. The van der Waals surface area contributed by atoms with E-state index >= 15 is 0 Å². The molecule has 0 radical (unpaired) electrons. The summed E-state index contributed by atoms with van der Waals surface area (Å²) in [6.45, 7) is 4.03. The normalized spacial score (nSPS) is 15.8. The van der Waals surface area contributed by atoms with Crippen LogP contribution in [0.15, 0.2) is 42.5 Å². The summed E-state index contributed by atoms with van der Waals surface area (Å²) in [7, 11) is 1.61. The number of hydrogen-bond donors (Lipinski definition) is 0. The summed E-state index contributed by atoms with van der Waals surface area (Å²) in [5.74, 6) is 0.546. The van der Waals surface area contributed by atoms with Crippen LogP contribution in [0, 0.1) is 10.1 Å². The minimum atomic E-state index is -0.436. The van der Waals surface area contributed by atoms with Gasteiger partial charge in [0.1, 0.15) is 11.4 Å². The SMILES string of the molecule is COc1ccc(CN(C(=O)c2ccc(N3CCN(C(C)=O)CC3)c([N+](=O)[O-])c2)C2CC2)cc1. The quantitative estimate of drug-likeness (QED) is 0.473. The standard InChI is InChI=1S/C24H28N4O5/c1-17(29)25-11-13-26(14-12-25)22-10-5-19(15-23(22)28(31)32)24(30)27(20-6-7-20)16-18-3-8-21(33-2)9-4-18/h3-5,8-10,15,20H,6-7,11-14,16H2,1-2H3. The van der Waals surface area contributed by atoms with E-state index in [1.807, 2.05) is 29.2 Å². The maximum Gasteiger partial charge on any atom is 0.293 e. The summed E-state index contributed by atoms with van der Waals surface area (Å²) in [5, 5.41) is 11.9. The molecule has 2 aromatic rings. The molecule has 1 aliphatic heterocycles. The molecule has 4 rings (SSSR count). The van der Waals surface area contributed by atoms with Gasteiger partial charge in [-0.3, -0.25) is 19.7 Å². The number of amides is 2. The predicted octanol–water partition coefficient (Wildman–Crippen LogP) is 3.08. The molecule has 2 aromatic carbocycles. The third-order valence-electron chi connectivity index (χ3n) is 6.25. The van der Waals surface area contributed by atoms with Gasteiger partial charge in [-0.1, -0.05) is 12.1 Å². The molecule has 9 nitrogen and oxygen atoms in total. The van der Waals surface area contributed by atoms with Crippen molar-refractivity contribution in [1.29, 1.82) is 0 Å². The minimum absolute atomic E-state index is 0.00196. The van der Waals surface area contributed by atoms with Crippen LogP contribution < -0.4 is 9.64 Å². The molecular weight excluding hydrogens is 424 g/mol. The number of methoxy groups -OCH3 is 1. The average molecular weight is 453 g/mol. The molecule has 33 heavy (non-hydrogen) atoms. The third-order valence-corrected chi connectivity index (χ3v) is 6.25. The molecule has 0 aromatic heterocycles. The van der Waals surface area contributed by atoms with Gasteiger partial charge in [0.2, 0.25) is 5.91 Å². The van der Waals surface area contributed by atoms with Gasteiger partial charge < -0.3 is 19.4 Å². The zero-order valence-corrected chi connectivity index (χ0v) is 18.9. The highest BCUT2D eigenvalue weighted by Gasteiger charge is 2.34. The molecule has 1 saturated heterocycles. The van der Waals surface area contributed by atoms with Crippen molar-refractivity contribution in [3.05, 3.63) is 63.7 Å². The number of carbonyl (C=O) groups excluding carboxylic acids is 2. The number of ether oxygens (including phenoxy) is 1. The minimum Gasteiger partial charge on any atom is -0.497 e. The van der Waals surface area contributed by atoms with E-state index in [2.05, 4.69) is 0 Å². The van der Waals surface area contributed by atoms with E-state index in [0.29, 0.717) is 44.0 Å². The van der Waals surface area contributed by atoms with Crippen molar-refractivity contribution in [3.63, 3.8) is 0 Å². The Morgan fingerprint density at radius 3 is 2.30 bits per heavy atom. The van der Waals surface area contributed by atoms with Crippen LogP contribution in [0.1, 0.15) is 35.7 Å². The first kappa shape index (κ1) is 22.6. The van der Waals surface area contributed by atoms with Crippen LogP contribution in [0.25, 0.3) is 0 Å². The van der Waals surface area contributed by atoms with Crippen LogP contribution in [0.4, 0.5) is 11.4 Å². The fourth-order valence-corrected chi connectivity index (χ4v) is 4.18. The summed E-state index contributed by atoms with van der Waals surface area (Å²) in [4.78, 5) is 41.8. The summed E-state index contributed by atoms with van der Waals surface area (Å²) < 4.78 is 5.20. The molecule has 0 spiro atoms. The Kier molecular flexibility index (Phi) is 6.48. The van der Waals surface area contributed by atoms with Gasteiger partial charge in [0, 0.05) is 57.3 Å². The Labute approximate surface area is 192 Å². The second-order valence-corrected chi connectivity index (χ2v) is 8.47. The van der Waals surface area contributed by atoms with Crippen LogP contribution in [0.5, 0.6) is 5.75 Å². The lowest BCUT2D eigenvalue weighted by atomic mass is 10.1.